The summed E-state index contributed by atoms with van der Waals surface area (Å²) in [5, 5.41) is 2.33. The normalized spacial score (nSPS) is 21.9. The van der Waals surface area contributed by atoms with E-state index in [1.165, 1.54) is 11.8 Å². The molecule has 1 unspecified atom stereocenters. The van der Waals surface area contributed by atoms with Gasteiger partial charge in [0.1, 0.15) is 0 Å². The van der Waals surface area contributed by atoms with Crippen molar-refractivity contribution in [3.63, 3.8) is 0 Å². The smallest absolute Gasteiger partial charge is 0.242 e. The van der Waals surface area contributed by atoms with Gasteiger partial charge in [0.25, 0.3) is 0 Å². The molecule has 2 aliphatic rings. The number of nitrogens with zero attached hydrogens (tertiary/aromatic N) is 2. The minimum atomic E-state index is -3.03. The van der Waals surface area contributed by atoms with Crippen LogP contribution in [0.4, 0.5) is 5.69 Å². The van der Waals surface area contributed by atoms with Crippen LogP contribution in [0.1, 0.15) is 38.5 Å². The van der Waals surface area contributed by atoms with E-state index in [0.717, 1.165) is 36.8 Å². The third-order valence-corrected chi connectivity index (χ3v) is 8.15. The predicted octanol–water partition coefficient (Wildman–Crippen LogP) is 3.62. The lowest BCUT2D eigenvalue weighted by Gasteiger charge is -2.39. The highest BCUT2D eigenvalue weighted by Gasteiger charge is 2.38. The maximum absolute atomic E-state index is 13.4. The number of benzene rings is 2. The second-order valence-corrected chi connectivity index (χ2v) is 10.8. The number of likely N-dealkylation sites (N-methyl/N-ethyl adjacent to an activating group) is 1. The van der Waals surface area contributed by atoms with Gasteiger partial charge in [-0.1, -0.05) is 49.6 Å². The highest BCUT2D eigenvalue weighted by molar-refractivity contribution is 7.91. The zero-order chi connectivity index (χ0) is 20.4. The Morgan fingerprint density at radius 1 is 0.966 bits per heavy atom. The van der Waals surface area contributed by atoms with Crippen LogP contribution >= 0.6 is 0 Å². The molecule has 1 amide bonds. The lowest BCUT2D eigenvalue weighted by atomic mass is 9.92. The summed E-state index contributed by atoms with van der Waals surface area (Å²) in [4.78, 5) is 17.3. The fraction of sp³-hybridized carbons (Fsp3) is 0.522. The average Bonchev–Trinajstić information content (AvgIpc) is 3.07. The van der Waals surface area contributed by atoms with Crippen molar-refractivity contribution in [1.29, 1.82) is 0 Å². The van der Waals surface area contributed by atoms with E-state index < -0.39 is 9.84 Å². The van der Waals surface area contributed by atoms with Gasteiger partial charge in [0.05, 0.1) is 18.1 Å². The van der Waals surface area contributed by atoms with Crippen molar-refractivity contribution in [2.45, 2.75) is 50.6 Å². The number of anilines is 1. The fourth-order valence-corrected chi connectivity index (χ4v) is 6.56. The van der Waals surface area contributed by atoms with Gasteiger partial charge in [-0.3, -0.25) is 4.79 Å². The monoisotopic (exact) mass is 414 g/mol. The number of rotatable bonds is 5. The van der Waals surface area contributed by atoms with Crippen LogP contribution < -0.4 is 4.90 Å². The fourth-order valence-electron chi connectivity index (χ4n) is 4.85. The average molecular weight is 415 g/mol. The first-order valence-electron chi connectivity index (χ1n) is 10.6. The van der Waals surface area contributed by atoms with E-state index in [0.29, 0.717) is 6.42 Å². The molecular weight excluding hydrogens is 384 g/mol. The highest BCUT2D eigenvalue weighted by atomic mass is 32.2. The molecule has 2 fully saturated rings. The summed E-state index contributed by atoms with van der Waals surface area (Å²) < 4.78 is 24.1. The van der Waals surface area contributed by atoms with Crippen LogP contribution in [0.5, 0.6) is 0 Å². The molecule has 2 aromatic carbocycles. The van der Waals surface area contributed by atoms with Crippen LogP contribution in [0.15, 0.2) is 42.5 Å². The third kappa shape index (κ3) is 4.58. The standard InChI is InChI=1S/C23H30N2O3S/c1-24(21-12-11-18-7-5-6-8-19(18)15-21)16-23(26)25(20-9-3-2-4-10-20)22-13-14-29(27,28)17-22/h5-8,11-12,15,20,22H,2-4,9-10,13-14,16-17H2,1H3. The Bertz CT molecular complexity index is 983. The van der Waals surface area contributed by atoms with Crippen LogP contribution in [0, 0.1) is 0 Å². The minimum Gasteiger partial charge on any atom is -0.365 e. The van der Waals surface area contributed by atoms with Gasteiger partial charge >= 0.3 is 0 Å². The lowest BCUT2D eigenvalue weighted by molar-refractivity contribution is -0.135. The quantitative estimate of drug-likeness (QED) is 0.750. The molecule has 1 heterocycles. The van der Waals surface area contributed by atoms with E-state index in [9.17, 15) is 13.2 Å². The van der Waals surface area contributed by atoms with Crippen molar-refractivity contribution in [2.75, 3.05) is 30.0 Å². The van der Waals surface area contributed by atoms with E-state index in [1.54, 1.807) is 0 Å². The van der Waals surface area contributed by atoms with Crippen LogP contribution in [0.25, 0.3) is 10.8 Å². The zero-order valence-electron chi connectivity index (χ0n) is 17.1. The van der Waals surface area contributed by atoms with Crippen molar-refractivity contribution >= 4 is 32.2 Å². The molecule has 0 radical (unpaired) electrons. The summed E-state index contributed by atoms with van der Waals surface area (Å²) in [5.41, 5.74) is 1.000. The maximum Gasteiger partial charge on any atom is 0.242 e. The number of fused-ring (bicyclic) bond motifs is 1. The van der Waals surface area contributed by atoms with Gasteiger partial charge < -0.3 is 9.80 Å². The Kier molecular flexibility index (Phi) is 5.81. The third-order valence-electron chi connectivity index (χ3n) is 6.40. The molecule has 5 nitrogen and oxygen atoms in total. The van der Waals surface area contributed by atoms with Gasteiger partial charge in [0.15, 0.2) is 9.84 Å². The Morgan fingerprint density at radius 3 is 2.38 bits per heavy atom. The van der Waals surface area contributed by atoms with Gasteiger partial charge in [-0.25, -0.2) is 8.42 Å². The summed E-state index contributed by atoms with van der Waals surface area (Å²) in [6, 6.07) is 14.4. The van der Waals surface area contributed by atoms with Crippen molar-refractivity contribution in [3.8, 4) is 0 Å². The van der Waals surface area contributed by atoms with Gasteiger partial charge in [0.2, 0.25) is 5.91 Å². The van der Waals surface area contributed by atoms with Crippen LogP contribution in [-0.4, -0.2) is 56.4 Å². The van der Waals surface area contributed by atoms with Crippen molar-refractivity contribution < 1.29 is 13.2 Å². The topological polar surface area (TPSA) is 57.7 Å². The van der Waals surface area contributed by atoms with E-state index in [1.807, 2.05) is 35.0 Å². The molecule has 0 bridgehead atoms. The number of sulfone groups is 1. The second-order valence-electron chi connectivity index (χ2n) is 8.54. The Balaban J connectivity index is 1.53. The molecule has 0 spiro atoms. The molecule has 1 aliphatic carbocycles. The van der Waals surface area contributed by atoms with Gasteiger partial charge in [-0.2, -0.15) is 0 Å². The molecule has 0 aromatic heterocycles. The lowest BCUT2D eigenvalue weighted by Crippen LogP contribution is -2.51. The van der Waals surface area contributed by atoms with Gasteiger partial charge in [-0.05, 0) is 42.2 Å². The van der Waals surface area contributed by atoms with Gasteiger partial charge in [0, 0.05) is 24.8 Å². The van der Waals surface area contributed by atoms with Gasteiger partial charge in [-0.15, -0.1) is 0 Å². The van der Waals surface area contributed by atoms with Crippen LogP contribution in [0.2, 0.25) is 0 Å². The first-order valence-corrected chi connectivity index (χ1v) is 12.5. The van der Waals surface area contributed by atoms with E-state index in [2.05, 4.69) is 24.3 Å². The Hall–Kier alpha value is -2.08. The molecule has 6 heteroatoms. The number of amides is 1. The molecule has 29 heavy (non-hydrogen) atoms. The number of carbonyl (C=O) groups is 1. The largest absolute Gasteiger partial charge is 0.365 e. The second kappa shape index (κ2) is 8.34. The minimum absolute atomic E-state index is 0.0506. The highest BCUT2D eigenvalue weighted by Crippen LogP contribution is 2.29. The summed E-state index contributed by atoms with van der Waals surface area (Å²) >= 11 is 0. The maximum atomic E-state index is 13.4. The molecule has 1 aliphatic heterocycles. The van der Waals surface area contributed by atoms with Crippen LogP contribution in [-0.2, 0) is 14.6 Å². The molecule has 1 atom stereocenters. The SMILES string of the molecule is CN(CC(=O)N(C1CCCCC1)C1CCS(=O)(=O)C1)c1ccc2ccccc2c1. The van der Waals surface area contributed by atoms with Crippen LogP contribution in [0.3, 0.4) is 0 Å². The van der Waals surface area contributed by atoms with E-state index in [4.69, 9.17) is 0 Å². The van der Waals surface area contributed by atoms with Crippen molar-refractivity contribution in [3.05, 3.63) is 42.5 Å². The molecule has 1 saturated heterocycles. The number of hydrogen-bond donors (Lipinski definition) is 0. The summed E-state index contributed by atoms with van der Waals surface area (Å²) in [6.45, 7) is 0.269. The molecule has 4 rings (SSSR count). The Morgan fingerprint density at radius 2 is 1.69 bits per heavy atom. The molecule has 2 aromatic rings. The van der Waals surface area contributed by atoms with Crippen molar-refractivity contribution in [1.82, 2.24) is 4.90 Å². The van der Waals surface area contributed by atoms with E-state index >= 15 is 0 Å². The Labute approximate surface area is 173 Å². The molecular formula is C23H30N2O3S. The number of hydrogen-bond acceptors (Lipinski definition) is 4. The predicted molar refractivity (Wildman–Crippen MR) is 118 cm³/mol. The molecule has 0 N–H and O–H groups in total. The van der Waals surface area contributed by atoms with E-state index in [-0.39, 0.29) is 36.0 Å². The summed E-state index contributed by atoms with van der Waals surface area (Å²) in [5.74, 6) is 0.374. The first kappa shape index (κ1) is 20.2. The number of carbonyl (C=O) groups excluding carboxylic acids is 1. The summed E-state index contributed by atoms with van der Waals surface area (Å²) in [6.07, 6.45) is 6.00. The molecule has 1 saturated carbocycles. The molecule has 156 valence electrons. The first-order chi connectivity index (χ1) is 13.9. The zero-order valence-corrected chi connectivity index (χ0v) is 17.9. The summed E-state index contributed by atoms with van der Waals surface area (Å²) in [7, 11) is -1.09. The van der Waals surface area contributed by atoms with Crippen molar-refractivity contribution in [2.24, 2.45) is 0 Å².